The van der Waals surface area contributed by atoms with Crippen molar-refractivity contribution in [3.05, 3.63) is 51.7 Å². The highest BCUT2D eigenvalue weighted by molar-refractivity contribution is 9.10. The summed E-state index contributed by atoms with van der Waals surface area (Å²) in [6.07, 6.45) is 0. The molecule has 2 N–H and O–H groups in total. The molecular weight excluding hydrogens is 417 g/mol. The lowest BCUT2D eigenvalue weighted by Gasteiger charge is -2.12. The minimum Gasteiger partial charge on any atom is -0.507 e. The zero-order chi connectivity index (χ0) is 18.8. The molecule has 2 aromatic carbocycles. The van der Waals surface area contributed by atoms with Crippen LogP contribution in [0.25, 0.3) is 0 Å². The van der Waals surface area contributed by atoms with Gasteiger partial charge < -0.3 is 9.84 Å². The first kappa shape index (κ1) is 19.2. The van der Waals surface area contributed by atoms with Gasteiger partial charge in [0.1, 0.15) is 16.5 Å². The van der Waals surface area contributed by atoms with Gasteiger partial charge in [-0.05, 0) is 49.7 Å². The maximum absolute atomic E-state index is 14.1. The molecule has 0 bridgehead atoms. The lowest BCUT2D eigenvalue weighted by molar-refractivity contribution is 0.0526. The molecule has 2 aromatic rings. The summed E-state index contributed by atoms with van der Waals surface area (Å²) in [5.41, 5.74) is 0.244. The zero-order valence-corrected chi connectivity index (χ0v) is 15.7. The first-order valence-electron chi connectivity index (χ1n) is 7.14. The van der Waals surface area contributed by atoms with E-state index in [9.17, 15) is 22.7 Å². The SMILES string of the molecule is CCOC(=O)c1ccc(NS(=O)(=O)c2cc(Br)c(C)cc2O)c(F)c1. The van der Waals surface area contributed by atoms with E-state index in [-0.39, 0.29) is 17.9 Å². The molecule has 2 rings (SSSR count). The number of esters is 1. The Morgan fingerprint density at radius 1 is 1.32 bits per heavy atom. The van der Waals surface area contributed by atoms with Gasteiger partial charge in [-0.15, -0.1) is 0 Å². The number of rotatable bonds is 5. The van der Waals surface area contributed by atoms with Crippen LogP contribution in [0.3, 0.4) is 0 Å². The summed E-state index contributed by atoms with van der Waals surface area (Å²) < 4.78 is 46.2. The lowest BCUT2D eigenvalue weighted by atomic mass is 10.2. The normalized spacial score (nSPS) is 11.2. The number of carbonyl (C=O) groups is 1. The standard InChI is InChI=1S/C16H15BrFNO5S/c1-3-24-16(21)10-4-5-13(12(18)7-10)19-25(22,23)15-8-11(17)9(2)6-14(15)20/h4-8,19-20H,3H2,1-2H3. The monoisotopic (exact) mass is 431 g/mol. The van der Waals surface area contributed by atoms with Crippen LogP contribution in [0, 0.1) is 12.7 Å². The molecule has 0 saturated carbocycles. The van der Waals surface area contributed by atoms with E-state index in [1.807, 2.05) is 0 Å². The summed E-state index contributed by atoms with van der Waals surface area (Å²) in [6, 6.07) is 5.72. The summed E-state index contributed by atoms with van der Waals surface area (Å²) in [7, 11) is -4.24. The molecule has 0 heterocycles. The molecule has 134 valence electrons. The van der Waals surface area contributed by atoms with Crippen molar-refractivity contribution < 1.29 is 27.4 Å². The molecule has 0 radical (unpaired) electrons. The second kappa shape index (κ2) is 7.40. The second-order valence-corrected chi connectivity index (χ2v) is 7.59. The Balaban J connectivity index is 2.35. The molecule has 9 heteroatoms. The van der Waals surface area contributed by atoms with Gasteiger partial charge in [-0.3, -0.25) is 4.72 Å². The summed E-state index contributed by atoms with van der Waals surface area (Å²) in [4.78, 5) is 11.2. The van der Waals surface area contributed by atoms with Gasteiger partial charge in [-0.1, -0.05) is 15.9 Å². The van der Waals surface area contributed by atoms with Crippen molar-refractivity contribution in [2.24, 2.45) is 0 Å². The van der Waals surface area contributed by atoms with Crippen LogP contribution < -0.4 is 4.72 Å². The van der Waals surface area contributed by atoms with E-state index in [0.717, 1.165) is 12.1 Å². The van der Waals surface area contributed by atoms with E-state index in [2.05, 4.69) is 20.7 Å². The van der Waals surface area contributed by atoms with E-state index >= 15 is 0 Å². The quantitative estimate of drug-likeness (QED) is 0.705. The zero-order valence-electron chi connectivity index (χ0n) is 13.3. The Morgan fingerprint density at radius 2 is 2.00 bits per heavy atom. The highest BCUT2D eigenvalue weighted by Crippen LogP contribution is 2.31. The molecule has 0 aliphatic heterocycles. The number of phenolic OH excluding ortho intramolecular Hbond substituents is 1. The highest BCUT2D eigenvalue weighted by Gasteiger charge is 2.22. The summed E-state index contributed by atoms with van der Waals surface area (Å²) in [6.45, 7) is 3.43. The third-order valence-electron chi connectivity index (χ3n) is 3.25. The van der Waals surface area contributed by atoms with Crippen LogP contribution in [-0.4, -0.2) is 26.1 Å². The van der Waals surface area contributed by atoms with Crippen LogP contribution in [0.5, 0.6) is 5.75 Å². The van der Waals surface area contributed by atoms with Crippen LogP contribution in [0.15, 0.2) is 39.7 Å². The first-order chi connectivity index (χ1) is 11.7. The molecule has 0 amide bonds. The van der Waals surface area contributed by atoms with Crippen molar-refractivity contribution in [3.63, 3.8) is 0 Å². The number of carbonyl (C=O) groups excluding carboxylic acids is 1. The minimum absolute atomic E-state index is 0.0387. The number of phenols is 1. The average molecular weight is 432 g/mol. The Bertz CT molecular complexity index is 930. The van der Waals surface area contributed by atoms with E-state index in [4.69, 9.17) is 4.74 Å². The predicted molar refractivity (Wildman–Crippen MR) is 93.7 cm³/mol. The minimum atomic E-state index is -4.24. The molecule has 0 aromatic heterocycles. The van der Waals surface area contributed by atoms with Crippen molar-refractivity contribution in [1.29, 1.82) is 0 Å². The van der Waals surface area contributed by atoms with Crippen LogP contribution >= 0.6 is 15.9 Å². The number of anilines is 1. The van der Waals surface area contributed by atoms with Crippen molar-refractivity contribution in [2.45, 2.75) is 18.7 Å². The molecule has 25 heavy (non-hydrogen) atoms. The maximum Gasteiger partial charge on any atom is 0.338 e. The van der Waals surface area contributed by atoms with Crippen molar-refractivity contribution in [1.82, 2.24) is 0 Å². The van der Waals surface area contributed by atoms with Crippen molar-refractivity contribution in [3.8, 4) is 5.75 Å². The van der Waals surface area contributed by atoms with Gasteiger partial charge in [0, 0.05) is 4.47 Å². The Hall–Kier alpha value is -2.13. The van der Waals surface area contributed by atoms with E-state index in [0.29, 0.717) is 10.0 Å². The highest BCUT2D eigenvalue weighted by atomic mass is 79.9. The number of halogens is 2. The number of aromatic hydroxyl groups is 1. The topological polar surface area (TPSA) is 92.7 Å². The van der Waals surface area contributed by atoms with Crippen molar-refractivity contribution in [2.75, 3.05) is 11.3 Å². The fourth-order valence-corrected chi connectivity index (χ4v) is 3.67. The van der Waals surface area contributed by atoms with Gasteiger partial charge in [0.15, 0.2) is 0 Å². The number of hydrogen-bond acceptors (Lipinski definition) is 5. The maximum atomic E-state index is 14.1. The molecule has 0 saturated heterocycles. The molecule has 0 fully saturated rings. The molecule has 0 aliphatic rings. The van der Waals surface area contributed by atoms with E-state index in [1.165, 1.54) is 18.2 Å². The van der Waals surface area contributed by atoms with Gasteiger partial charge in [0.05, 0.1) is 17.9 Å². The predicted octanol–water partition coefficient (Wildman–Crippen LogP) is 3.58. The summed E-state index contributed by atoms with van der Waals surface area (Å²) in [5.74, 6) is -2.12. The first-order valence-corrected chi connectivity index (χ1v) is 9.42. The van der Waals surface area contributed by atoms with Gasteiger partial charge in [0.2, 0.25) is 0 Å². The fourth-order valence-electron chi connectivity index (χ4n) is 2.00. The largest absolute Gasteiger partial charge is 0.507 e. The second-order valence-electron chi connectivity index (χ2n) is 5.09. The molecular formula is C16H15BrFNO5S. The van der Waals surface area contributed by atoms with Gasteiger partial charge in [-0.25, -0.2) is 17.6 Å². The Labute approximate surface area is 152 Å². The molecule has 6 nitrogen and oxygen atoms in total. The van der Waals surface area contributed by atoms with Gasteiger partial charge in [0.25, 0.3) is 10.0 Å². The number of sulfonamides is 1. The number of aryl methyl sites for hydroxylation is 1. The molecule has 0 aliphatic carbocycles. The summed E-state index contributed by atoms with van der Waals surface area (Å²) >= 11 is 3.18. The lowest BCUT2D eigenvalue weighted by Crippen LogP contribution is -2.15. The van der Waals surface area contributed by atoms with Crippen LogP contribution in [-0.2, 0) is 14.8 Å². The van der Waals surface area contributed by atoms with E-state index < -0.39 is 32.5 Å². The Morgan fingerprint density at radius 3 is 2.60 bits per heavy atom. The third kappa shape index (κ3) is 4.29. The van der Waals surface area contributed by atoms with E-state index in [1.54, 1.807) is 13.8 Å². The number of nitrogens with one attached hydrogen (secondary N) is 1. The average Bonchev–Trinajstić information content (AvgIpc) is 2.52. The van der Waals surface area contributed by atoms with Crippen LogP contribution in [0.2, 0.25) is 0 Å². The number of ether oxygens (including phenoxy) is 1. The molecule has 0 spiro atoms. The third-order valence-corrected chi connectivity index (χ3v) is 5.50. The fraction of sp³-hybridized carbons (Fsp3) is 0.188. The van der Waals surface area contributed by atoms with Crippen molar-refractivity contribution >= 4 is 37.6 Å². The number of hydrogen-bond donors (Lipinski definition) is 2. The van der Waals surface area contributed by atoms with Gasteiger partial charge >= 0.3 is 5.97 Å². The van der Waals surface area contributed by atoms with Crippen LogP contribution in [0.4, 0.5) is 10.1 Å². The smallest absolute Gasteiger partial charge is 0.338 e. The number of benzene rings is 2. The molecule has 0 atom stereocenters. The summed E-state index contributed by atoms with van der Waals surface area (Å²) in [5, 5.41) is 9.88. The Kier molecular flexibility index (Phi) is 5.69. The molecule has 0 unspecified atom stereocenters. The van der Waals surface area contributed by atoms with Gasteiger partial charge in [-0.2, -0.15) is 0 Å². The van der Waals surface area contributed by atoms with Crippen LogP contribution in [0.1, 0.15) is 22.8 Å².